The Bertz CT molecular complexity index is 508. The van der Waals surface area contributed by atoms with Crippen molar-refractivity contribution in [1.82, 2.24) is 20.2 Å². The van der Waals surface area contributed by atoms with E-state index in [1.54, 1.807) is 11.3 Å². The summed E-state index contributed by atoms with van der Waals surface area (Å²) in [6.07, 6.45) is 3.54. The summed E-state index contributed by atoms with van der Waals surface area (Å²) in [6.45, 7) is 2.10. The number of nitrogens with two attached hydrogens (primary N) is 1. The van der Waals surface area contributed by atoms with Crippen LogP contribution in [-0.2, 0) is 19.9 Å². The molecule has 0 saturated carbocycles. The van der Waals surface area contributed by atoms with Gasteiger partial charge in [-0.3, -0.25) is 20.9 Å². The van der Waals surface area contributed by atoms with E-state index in [1.165, 1.54) is 0 Å². The van der Waals surface area contributed by atoms with Crippen LogP contribution in [-0.4, -0.2) is 14.8 Å². The maximum absolute atomic E-state index is 5.64. The first-order valence-corrected chi connectivity index (χ1v) is 7.39. The molecule has 2 heterocycles. The fourth-order valence-corrected chi connectivity index (χ4v) is 3.33. The Morgan fingerprint density at radius 1 is 1.61 bits per heavy atom. The monoisotopic (exact) mass is 329 g/mol. The molecular weight excluding hydrogens is 314 g/mol. The minimum atomic E-state index is 0.0638. The topological polar surface area (TPSA) is 68.8 Å². The smallest absolute Gasteiger partial charge is 0.0794 e. The molecule has 5 nitrogen and oxygen atoms in total. The van der Waals surface area contributed by atoms with Crippen molar-refractivity contribution in [2.75, 3.05) is 0 Å². The maximum Gasteiger partial charge on any atom is 0.0794 e. The van der Waals surface area contributed by atoms with Gasteiger partial charge in [-0.1, -0.05) is 6.92 Å². The predicted octanol–water partition coefficient (Wildman–Crippen LogP) is 1.95. The summed E-state index contributed by atoms with van der Waals surface area (Å²) < 4.78 is 2.99. The molecule has 2 aromatic rings. The number of rotatable bonds is 5. The maximum atomic E-state index is 5.64. The van der Waals surface area contributed by atoms with Gasteiger partial charge in [0.2, 0.25) is 0 Å². The molecule has 3 N–H and O–H groups in total. The van der Waals surface area contributed by atoms with Gasteiger partial charge in [0.05, 0.1) is 27.4 Å². The minimum Gasteiger partial charge on any atom is -0.271 e. The molecule has 1 unspecified atom stereocenters. The fourth-order valence-electron chi connectivity index (χ4n) is 1.87. The third-order valence-electron chi connectivity index (χ3n) is 2.90. The Morgan fingerprint density at radius 3 is 2.89 bits per heavy atom. The van der Waals surface area contributed by atoms with Crippen molar-refractivity contribution in [3.05, 3.63) is 32.4 Å². The summed E-state index contributed by atoms with van der Waals surface area (Å²) in [5, 5.41) is 4.49. The zero-order chi connectivity index (χ0) is 13.1. The van der Waals surface area contributed by atoms with Gasteiger partial charge in [-0.05, 0) is 22.4 Å². The van der Waals surface area contributed by atoms with Gasteiger partial charge >= 0.3 is 0 Å². The molecule has 0 aromatic carbocycles. The minimum absolute atomic E-state index is 0.0638. The van der Waals surface area contributed by atoms with Crippen molar-refractivity contribution in [1.29, 1.82) is 0 Å². The zero-order valence-corrected chi connectivity index (χ0v) is 12.8. The Kier molecular flexibility index (Phi) is 4.50. The number of hydrogen-bond donors (Lipinski definition) is 2. The van der Waals surface area contributed by atoms with E-state index in [0.29, 0.717) is 0 Å². The Hall–Kier alpha value is -0.760. The number of aryl methyl sites for hydroxylation is 2. The highest BCUT2D eigenvalue weighted by molar-refractivity contribution is 9.10. The van der Waals surface area contributed by atoms with E-state index in [9.17, 15) is 0 Å². The van der Waals surface area contributed by atoms with Crippen LogP contribution in [0.1, 0.15) is 29.2 Å². The van der Waals surface area contributed by atoms with Crippen LogP contribution in [0.15, 0.2) is 16.2 Å². The number of nitrogens with one attached hydrogen (secondary N) is 1. The lowest BCUT2D eigenvalue weighted by atomic mass is 10.1. The van der Waals surface area contributed by atoms with Gasteiger partial charge in [-0.2, -0.15) is 5.10 Å². The first-order chi connectivity index (χ1) is 8.67. The fraction of sp³-hybridized carbons (Fsp3) is 0.455. The Balaban J connectivity index is 2.25. The van der Waals surface area contributed by atoms with Gasteiger partial charge in [0.25, 0.3) is 0 Å². The van der Waals surface area contributed by atoms with Gasteiger partial charge in [-0.15, -0.1) is 11.3 Å². The number of halogens is 1. The first kappa shape index (κ1) is 13.7. The van der Waals surface area contributed by atoms with E-state index in [0.717, 1.165) is 33.6 Å². The highest BCUT2D eigenvalue weighted by atomic mass is 79.9. The normalized spacial score (nSPS) is 12.9. The summed E-state index contributed by atoms with van der Waals surface area (Å²) in [6, 6.07) is 0.0638. The first-order valence-electron chi connectivity index (χ1n) is 5.72. The van der Waals surface area contributed by atoms with Crippen LogP contribution in [0.4, 0.5) is 0 Å². The molecule has 0 aliphatic carbocycles. The second-order valence-corrected chi connectivity index (χ2v) is 5.72. The molecule has 0 amide bonds. The molecule has 18 heavy (non-hydrogen) atoms. The summed E-state index contributed by atoms with van der Waals surface area (Å²) >= 11 is 5.22. The quantitative estimate of drug-likeness (QED) is 0.649. The van der Waals surface area contributed by atoms with Crippen molar-refractivity contribution in [3.8, 4) is 0 Å². The number of nitrogens with zero attached hydrogens (tertiary/aromatic N) is 3. The summed E-state index contributed by atoms with van der Waals surface area (Å²) in [5.74, 6) is 5.64. The van der Waals surface area contributed by atoms with Crippen molar-refractivity contribution >= 4 is 27.3 Å². The largest absolute Gasteiger partial charge is 0.271 e. The van der Waals surface area contributed by atoms with Gasteiger partial charge in [0, 0.05) is 24.5 Å². The Morgan fingerprint density at radius 2 is 2.39 bits per heavy atom. The van der Waals surface area contributed by atoms with Crippen molar-refractivity contribution in [2.45, 2.75) is 25.8 Å². The second-order valence-electron chi connectivity index (χ2n) is 4.01. The van der Waals surface area contributed by atoms with E-state index >= 15 is 0 Å². The zero-order valence-electron chi connectivity index (χ0n) is 10.4. The van der Waals surface area contributed by atoms with Gasteiger partial charge in [0.1, 0.15) is 0 Å². The average molecular weight is 330 g/mol. The number of hydrazine groups is 1. The summed E-state index contributed by atoms with van der Waals surface area (Å²) in [5.41, 5.74) is 6.88. The molecule has 0 radical (unpaired) electrons. The molecule has 0 aliphatic heterocycles. The van der Waals surface area contributed by atoms with Crippen molar-refractivity contribution in [2.24, 2.45) is 12.9 Å². The van der Waals surface area contributed by atoms with Crippen LogP contribution >= 0.6 is 27.3 Å². The molecule has 2 aromatic heterocycles. The van der Waals surface area contributed by atoms with Crippen LogP contribution in [0.25, 0.3) is 0 Å². The number of aromatic nitrogens is 3. The molecule has 0 bridgehead atoms. The van der Waals surface area contributed by atoms with Gasteiger partial charge in [0.15, 0.2) is 0 Å². The number of hydrogen-bond acceptors (Lipinski definition) is 5. The molecule has 0 fully saturated rings. The van der Waals surface area contributed by atoms with Crippen LogP contribution < -0.4 is 11.3 Å². The highest BCUT2D eigenvalue weighted by Gasteiger charge is 2.19. The molecule has 98 valence electrons. The van der Waals surface area contributed by atoms with Crippen LogP contribution in [0.5, 0.6) is 0 Å². The van der Waals surface area contributed by atoms with Crippen LogP contribution in [0.2, 0.25) is 0 Å². The lowest BCUT2D eigenvalue weighted by molar-refractivity contribution is 0.535. The van der Waals surface area contributed by atoms with Crippen LogP contribution in [0, 0.1) is 0 Å². The number of thiazole rings is 1. The molecule has 7 heteroatoms. The van der Waals surface area contributed by atoms with E-state index in [2.05, 4.69) is 38.4 Å². The molecule has 1 atom stereocenters. The second kappa shape index (κ2) is 5.92. The van der Waals surface area contributed by atoms with Crippen molar-refractivity contribution in [3.63, 3.8) is 0 Å². The SMILES string of the molecule is CCc1nn(C)c(CC(NN)c2cncs2)c1Br. The summed E-state index contributed by atoms with van der Waals surface area (Å²) in [4.78, 5) is 5.22. The van der Waals surface area contributed by atoms with Gasteiger partial charge < -0.3 is 0 Å². The third kappa shape index (κ3) is 2.64. The lowest BCUT2D eigenvalue weighted by Gasteiger charge is -2.14. The molecule has 2 rings (SSSR count). The van der Waals surface area contributed by atoms with Crippen molar-refractivity contribution < 1.29 is 0 Å². The van der Waals surface area contributed by atoms with E-state index < -0.39 is 0 Å². The lowest BCUT2D eigenvalue weighted by Crippen LogP contribution is -2.29. The standard InChI is InChI=1S/C11H16BrN5S/c1-3-7-11(12)9(17(2)16-7)4-8(15-13)10-5-14-6-18-10/h5-6,8,15H,3-4,13H2,1-2H3. The molecule has 0 saturated heterocycles. The molecular formula is C11H16BrN5S. The molecule has 0 spiro atoms. The van der Waals surface area contributed by atoms with E-state index in [-0.39, 0.29) is 6.04 Å². The van der Waals surface area contributed by atoms with E-state index in [1.807, 2.05) is 23.4 Å². The Labute approximate surface area is 119 Å². The average Bonchev–Trinajstić information content (AvgIpc) is 2.97. The summed E-state index contributed by atoms with van der Waals surface area (Å²) in [7, 11) is 1.96. The van der Waals surface area contributed by atoms with Gasteiger partial charge in [-0.25, -0.2) is 0 Å². The van der Waals surface area contributed by atoms with Crippen LogP contribution in [0.3, 0.4) is 0 Å². The molecule has 0 aliphatic rings. The van der Waals surface area contributed by atoms with E-state index in [4.69, 9.17) is 5.84 Å². The predicted molar refractivity (Wildman–Crippen MR) is 76.2 cm³/mol. The third-order valence-corrected chi connectivity index (χ3v) is 4.70. The highest BCUT2D eigenvalue weighted by Crippen LogP contribution is 2.27.